The minimum absolute atomic E-state index is 0.770. The summed E-state index contributed by atoms with van der Waals surface area (Å²) in [5, 5.41) is 7.15. The zero-order valence-corrected chi connectivity index (χ0v) is 14.2. The molecule has 0 atom stereocenters. The summed E-state index contributed by atoms with van der Waals surface area (Å²) in [7, 11) is 0. The number of benzene rings is 1. The van der Waals surface area contributed by atoms with Gasteiger partial charge in [0.25, 0.3) is 0 Å². The van der Waals surface area contributed by atoms with Crippen LogP contribution in [0.1, 0.15) is 12.5 Å². The number of rotatable bonds is 4. The molecule has 0 spiro atoms. The van der Waals surface area contributed by atoms with E-state index in [0.717, 1.165) is 32.1 Å². The average Bonchev–Trinajstić information content (AvgIpc) is 3.03. The highest BCUT2D eigenvalue weighted by Crippen LogP contribution is 2.26. The maximum absolute atomic E-state index is 4.55. The van der Waals surface area contributed by atoms with Gasteiger partial charge in [-0.2, -0.15) is 5.10 Å². The number of hydrogen-bond acceptors (Lipinski definition) is 5. The van der Waals surface area contributed by atoms with Gasteiger partial charge in [-0.05, 0) is 31.2 Å². The van der Waals surface area contributed by atoms with Crippen molar-refractivity contribution in [3.63, 3.8) is 0 Å². The second-order valence-electron chi connectivity index (χ2n) is 4.59. The van der Waals surface area contributed by atoms with Crippen molar-refractivity contribution in [2.45, 2.75) is 6.92 Å². The molecule has 2 aromatic heterocycles. The number of halogens is 1. The van der Waals surface area contributed by atoms with Crippen LogP contribution >= 0.6 is 27.3 Å². The number of hydrogen-bond donors (Lipinski definition) is 1. The molecule has 2 heterocycles. The maximum atomic E-state index is 4.55. The van der Waals surface area contributed by atoms with Crippen molar-refractivity contribution in [1.82, 2.24) is 9.97 Å². The van der Waals surface area contributed by atoms with Gasteiger partial charge < -0.3 is 0 Å². The van der Waals surface area contributed by atoms with Gasteiger partial charge in [0.2, 0.25) is 5.13 Å². The number of aromatic nitrogens is 2. The van der Waals surface area contributed by atoms with Gasteiger partial charge in [0.15, 0.2) is 0 Å². The fraction of sp³-hybridized carbons (Fsp3) is 0.0625. The van der Waals surface area contributed by atoms with E-state index in [2.05, 4.69) is 36.4 Å². The smallest absolute Gasteiger partial charge is 0.203 e. The molecule has 0 unspecified atom stereocenters. The quantitative estimate of drug-likeness (QED) is 0.528. The largest absolute Gasteiger partial charge is 0.265 e. The van der Waals surface area contributed by atoms with E-state index in [1.165, 1.54) is 11.3 Å². The Labute approximate surface area is 141 Å². The molecule has 0 amide bonds. The molecule has 0 saturated heterocycles. The molecule has 1 aromatic carbocycles. The van der Waals surface area contributed by atoms with Crippen molar-refractivity contribution in [3.05, 3.63) is 64.2 Å². The predicted octanol–water partition coefficient (Wildman–Crippen LogP) is 4.80. The summed E-state index contributed by atoms with van der Waals surface area (Å²) in [6, 6.07) is 11.9. The van der Waals surface area contributed by atoms with E-state index in [0.29, 0.717) is 0 Å². The molecule has 4 nitrogen and oxygen atoms in total. The Morgan fingerprint density at radius 2 is 1.86 bits per heavy atom. The van der Waals surface area contributed by atoms with Crippen LogP contribution in [-0.4, -0.2) is 15.7 Å². The van der Waals surface area contributed by atoms with Crippen LogP contribution < -0.4 is 5.43 Å². The van der Waals surface area contributed by atoms with Gasteiger partial charge in [-0.3, -0.25) is 10.4 Å². The molecule has 0 aliphatic rings. The van der Waals surface area contributed by atoms with Crippen LogP contribution in [0.5, 0.6) is 0 Å². The lowest BCUT2D eigenvalue weighted by atomic mass is 10.2. The first-order chi connectivity index (χ1) is 10.7. The number of nitrogens with zero attached hydrogens (tertiary/aromatic N) is 3. The van der Waals surface area contributed by atoms with Crippen LogP contribution in [-0.2, 0) is 0 Å². The summed E-state index contributed by atoms with van der Waals surface area (Å²) in [5.41, 5.74) is 6.96. The number of nitrogens with one attached hydrogen (secondary N) is 1. The number of pyridine rings is 1. The monoisotopic (exact) mass is 372 g/mol. The zero-order chi connectivity index (χ0) is 15.4. The summed E-state index contributed by atoms with van der Waals surface area (Å²) in [4.78, 5) is 8.55. The minimum atomic E-state index is 0.770. The lowest BCUT2D eigenvalue weighted by molar-refractivity contribution is 1.26. The summed E-state index contributed by atoms with van der Waals surface area (Å²) in [6.45, 7) is 1.95. The highest BCUT2D eigenvalue weighted by molar-refractivity contribution is 9.10. The third-order valence-corrected chi connectivity index (χ3v) is 4.34. The first kappa shape index (κ1) is 14.9. The molecular formula is C16H13BrN4S. The molecule has 0 radical (unpaired) electrons. The number of hydrazone groups is 1. The molecule has 110 valence electrons. The first-order valence-electron chi connectivity index (χ1n) is 6.64. The predicted molar refractivity (Wildman–Crippen MR) is 95.3 cm³/mol. The Balaban J connectivity index is 1.73. The Kier molecular flexibility index (Phi) is 4.60. The fourth-order valence-corrected chi connectivity index (χ4v) is 2.79. The van der Waals surface area contributed by atoms with Crippen LogP contribution in [0, 0.1) is 0 Å². The SMILES string of the molecule is C/C(=N/Nc1nc(-c2ccc(Br)cc2)cs1)c1ccncc1. The normalized spacial score (nSPS) is 11.5. The van der Waals surface area contributed by atoms with Crippen molar-refractivity contribution in [1.29, 1.82) is 0 Å². The maximum Gasteiger partial charge on any atom is 0.203 e. The lowest BCUT2D eigenvalue weighted by Crippen LogP contribution is -1.99. The summed E-state index contributed by atoms with van der Waals surface area (Å²) in [5.74, 6) is 0. The van der Waals surface area contributed by atoms with Crippen molar-refractivity contribution < 1.29 is 0 Å². The third kappa shape index (κ3) is 3.58. The molecule has 0 saturated carbocycles. The molecule has 22 heavy (non-hydrogen) atoms. The first-order valence-corrected chi connectivity index (χ1v) is 8.32. The van der Waals surface area contributed by atoms with Gasteiger partial charge in [-0.1, -0.05) is 28.1 Å². The van der Waals surface area contributed by atoms with Crippen molar-refractivity contribution in [2.75, 3.05) is 5.43 Å². The van der Waals surface area contributed by atoms with E-state index in [4.69, 9.17) is 0 Å². The van der Waals surface area contributed by atoms with Crippen molar-refractivity contribution in [3.8, 4) is 11.3 Å². The van der Waals surface area contributed by atoms with Crippen molar-refractivity contribution in [2.24, 2.45) is 5.10 Å². The molecule has 0 fully saturated rings. The minimum Gasteiger partial charge on any atom is -0.265 e. The Morgan fingerprint density at radius 3 is 2.59 bits per heavy atom. The average molecular weight is 373 g/mol. The van der Waals surface area contributed by atoms with E-state index in [9.17, 15) is 0 Å². The highest BCUT2D eigenvalue weighted by Gasteiger charge is 2.04. The molecule has 6 heteroatoms. The molecule has 0 aliphatic carbocycles. The van der Waals surface area contributed by atoms with Gasteiger partial charge in [0.05, 0.1) is 11.4 Å². The summed E-state index contributed by atoms with van der Waals surface area (Å²) in [6.07, 6.45) is 3.51. The van der Waals surface area contributed by atoms with Crippen LogP contribution in [0.3, 0.4) is 0 Å². The van der Waals surface area contributed by atoms with E-state index < -0.39 is 0 Å². The van der Waals surface area contributed by atoms with Crippen molar-refractivity contribution >= 4 is 38.1 Å². The standard InChI is InChI=1S/C16H13BrN4S/c1-11(12-6-8-18-9-7-12)20-21-16-19-15(10-22-16)13-2-4-14(17)5-3-13/h2-10H,1H3,(H,19,21)/b20-11-. The van der Waals surface area contributed by atoms with Crippen LogP contribution in [0.25, 0.3) is 11.3 Å². The van der Waals surface area contributed by atoms with E-state index >= 15 is 0 Å². The second-order valence-corrected chi connectivity index (χ2v) is 6.36. The second kappa shape index (κ2) is 6.81. The Morgan fingerprint density at radius 1 is 1.14 bits per heavy atom. The van der Waals surface area contributed by atoms with Gasteiger partial charge in [0, 0.05) is 33.4 Å². The molecule has 3 rings (SSSR count). The molecule has 0 bridgehead atoms. The highest BCUT2D eigenvalue weighted by atomic mass is 79.9. The zero-order valence-electron chi connectivity index (χ0n) is 11.8. The van der Waals surface area contributed by atoms with Crippen LogP contribution in [0.15, 0.2) is 63.7 Å². The van der Waals surface area contributed by atoms with Gasteiger partial charge in [-0.15, -0.1) is 11.3 Å². The molecule has 0 aliphatic heterocycles. The number of anilines is 1. The Bertz CT molecular complexity index is 781. The van der Waals surface area contributed by atoms with E-state index in [1.54, 1.807) is 12.4 Å². The summed E-state index contributed by atoms with van der Waals surface area (Å²) < 4.78 is 1.06. The topological polar surface area (TPSA) is 50.2 Å². The third-order valence-electron chi connectivity index (χ3n) is 3.06. The van der Waals surface area contributed by atoms with Crippen LogP contribution in [0.2, 0.25) is 0 Å². The Hall–Kier alpha value is -2.05. The van der Waals surface area contributed by atoms with E-state index in [1.807, 2.05) is 48.7 Å². The van der Waals surface area contributed by atoms with Gasteiger partial charge >= 0.3 is 0 Å². The van der Waals surface area contributed by atoms with Gasteiger partial charge in [0.1, 0.15) is 0 Å². The molecular weight excluding hydrogens is 360 g/mol. The van der Waals surface area contributed by atoms with E-state index in [-0.39, 0.29) is 0 Å². The fourth-order valence-electron chi connectivity index (χ4n) is 1.87. The molecule has 1 N–H and O–H groups in total. The van der Waals surface area contributed by atoms with Crippen LogP contribution in [0.4, 0.5) is 5.13 Å². The lowest BCUT2D eigenvalue weighted by Gasteiger charge is -2.00. The summed E-state index contributed by atoms with van der Waals surface area (Å²) >= 11 is 4.97. The molecule has 3 aromatic rings. The van der Waals surface area contributed by atoms with Gasteiger partial charge in [-0.25, -0.2) is 4.98 Å². The number of thiazole rings is 1.